The first-order valence-electron chi connectivity index (χ1n) is 4.61. The molecule has 0 radical (unpaired) electrons. The van der Waals surface area contributed by atoms with Gasteiger partial charge >= 0.3 is 0 Å². The molecule has 0 heterocycles. The van der Waals surface area contributed by atoms with Crippen LogP contribution in [0.5, 0.6) is 0 Å². The average Bonchev–Trinajstić information content (AvgIpc) is 2.17. The second-order valence-corrected chi connectivity index (χ2v) is 2.95. The van der Waals surface area contributed by atoms with E-state index in [9.17, 15) is 4.79 Å². The fraction of sp³-hybridized carbons (Fsp3) is 0.500. The van der Waals surface area contributed by atoms with E-state index in [0.717, 1.165) is 0 Å². The van der Waals surface area contributed by atoms with Crippen LogP contribution in [-0.4, -0.2) is 36.6 Å². The average molecular weight is 197 g/mol. The zero-order valence-corrected chi connectivity index (χ0v) is 8.70. The summed E-state index contributed by atoms with van der Waals surface area (Å²) in [5.74, 6) is -0.0730. The van der Waals surface area contributed by atoms with E-state index in [1.165, 1.54) is 0 Å². The number of carbonyl (C=O) groups excluding carboxylic acids is 1. The van der Waals surface area contributed by atoms with Gasteiger partial charge in [-0.2, -0.15) is 0 Å². The summed E-state index contributed by atoms with van der Waals surface area (Å²) in [5, 5.41) is 2.57. The summed E-state index contributed by atoms with van der Waals surface area (Å²) >= 11 is 0. The molecule has 0 aromatic heterocycles. The molecule has 1 atom stereocenters. The SMILES string of the molecule is C=CCN(CC=C)[C@@H](C)C(=O)NCN. The molecule has 0 aliphatic carbocycles. The van der Waals surface area contributed by atoms with Crippen molar-refractivity contribution in [2.45, 2.75) is 13.0 Å². The Morgan fingerprint density at radius 1 is 1.50 bits per heavy atom. The summed E-state index contributed by atoms with van der Waals surface area (Å²) in [4.78, 5) is 13.4. The van der Waals surface area contributed by atoms with Crippen molar-refractivity contribution in [2.24, 2.45) is 5.73 Å². The predicted octanol–water partition coefficient (Wildman–Crippen LogP) is 0.0813. The van der Waals surface area contributed by atoms with E-state index in [1.807, 2.05) is 11.8 Å². The summed E-state index contributed by atoms with van der Waals surface area (Å²) in [6.07, 6.45) is 3.52. The monoisotopic (exact) mass is 197 g/mol. The molecule has 0 saturated heterocycles. The van der Waals surface area contributed by atoms with Crippen molar-refractivity contribution in [1.82, 2.24) is 10.2 Å². The van der Waals surface area contributed by atoms with Crippen LogP contribution in [0.15, 0.2) is 25.3 Å². The number of nitrogens with zero attached hydrogens (tertiary/aromatic N) is 1. The van der Waals surface area contributed by atoms with Gasteiger partial charge in [0.1, 0.15) is 0 Å². The van der Waals surface area contributed by atoms with Crippen LogP contribution >= 0.6 is 0 Å². The Balaban J connectivity index is 4.24. The van der Waals surface area contributed by atoms with Gasteiger partial charge in [0.25, 0.3) is 0 Å². The molecule has 0 spiro atoms. The number of hydrogen-bond acceptors (Lipinski definition) is 3. The number of nitrogens with one attached hydrogen (secondary N) is 1. The maximum Gasteiger partial charge on any atom is 0.238 e. The predicted molar refractivity (Wildman–Crippen MR) is 58.6 cm³/mol. The van der Waals surface area contributed by atoms with Crippen LogP contribution in [0, 0.1) is 0 Å². The fourth-order valence-corrected chi connectivity index (χ4v) is 1.14. The van der Waals surface area contributed by atoms with Gasteiger partial charge in [-0.15, -0.1) is 13.2 Å². The van der Waals surface area contributed by atoms with Crippen LogP contribution in [0.3, 0.4) is 0 Å². The molecular formula is C10H19N3O. The van der Waals surface area contributed by atoms with Crippen molar-refractivity contribution in [2.75, 3.05) is 19.8 Å². The van der Waals surface area contributed by atoms with Crippen LogP contribution in [-0.2, 0) is 4.79 Å². The van der Waals surface area contributed by atoms with Crippen LogP contribution in [0.25, 0.3) is 0 Å². The number of amides is 1. The van der Waals surface area contributed by atoms with Crippen molar-refractivity contribution in [1.29, 1.82) is 0 Å². The summed E-state index contributed by atoms with van der Waals surface area (Å²) < 4.78 is 0. The van der Waals surface area contributed by atoms with Crippen molar-refractivity contribution >= 4 is 5.91 Å². The van der Waals surface area contributed by atoms with Gasteiger partial charge in [0.05, 0.1) is 12.7 Å². The van der Waals surface area contributed by atoms with Gasteiger partial charge < -0.3 is 11.1 Å². The minimum absolute atomic E-state index is 0.0730. The lowest BCUT2D eigenvalue weighted by atomic mass is 10.2. The zero-order valence-electron chi connectivity index (χ0n) is 8.70. The maximum absolute atomic E-state index is 11.4. The molecule has 14 heavy (non-hydrogen) atoms. The van der Waals surface area contributed by atoms with Gasteiger partial charge in [-0.05, 0) is 6.92 Å². The van der Waals surface area contributed by atoms with Gasteiger partial charge in [0.15, 0.2) is 0 Å². The summed E-state index contributed by atoms with van der Waals surface area (Å²) in [6.45, 7) is 10.6. The molecule has 0 aromatic carbocycles. The van der Waals surface area contributed by atoms with Crippen LogP contribution < -0.4 is 11.1 Å². The van der Waals surface area contributed by atoms with E-state index in [4.69, 9.17) is 5.73 Å². The highest BCUT2D eigenvalue weighted by Crippen LogP contribution is 1.99. The Morgan fingerprint density at radius 3 is 2.36 bits per heavy atom. The van der Waals surface area contributed by atoms with E-state index in [1.54, 1.807) is 12.2 Å². The highest BCUT2D eigenvalue weighted by molar-refractivity contribution is 5.81. The molecule has 0 aliphatic heterocycles. The number of carbonyl (C=O) groups is 1. The maximum atomic E-state index is 11.4. The minimum atomic E-state index is -0.213. The zero-order chi connectivity index (χ0) is 11.0. The van der Waals surface area contributed by atoms with E-state index < -0.39 is 0 Å². The molecule has 80 valence electrons. The molecule has 0 saturated carbocycles. The third-order valence-electron chi connectivity index (χ3n) is 1.93. The molecule has 4 heteroatoms. The van der Waals surface area contributed by atoms with Gasteiger partial charge in [-0.25, -0.2) is 0 Å². The molecule has 0 aliphatic rings. The van der Waals surface area contributed by atoms with Crippen LogP contribution in [0.1, 0.15) is 6.92 Å². The molecule has 4 nitrogen and oxygen atoms in total. The quantitative estimate of drug-likeness (QED) is 0.449. The van der Waals surface area contributed by atoms with Gasteiger partial charge in [-0.3, -0.25) is 9.69 Å². The summed E-state index contributed by atoms with van der Waals surface area (Å²) in [6, 6.07) is -0.213. The Kier molecular flexibility index (Phi) is 6.70. The lowest BCUT2D eigenvalue weighted by Gasteiger charge is -2.25. The second kappa shape index (κ2) is 7.29. The van der Waals surface area contributed by atoms with Crippen molar-refractivity contribution in [3.63, 3.8) is 0 Å². The van der Waals surface area contributed by atoms with Crippen molar-refractivity contribution < 1.29 is 4.79 Å². The molecule has 0 aromatic rings. The number of rotatable bonds is 7. The fourth-order valence-electron chi connectivity index (χ4n) is 1.14. The normalized spacial score (nSPS) is 12.2. The molecule has 0 unspecified atom stereocenters. The number of hydrogen-bond donors (Lipinski definition) is 2. The van der Waals surface area contributed by atoms with E-state index >= 15 is 0 Å². The standard InChI is InChI=1S/C10H19N3O/c1-4-6-13(7-5-2)9(3)10(14)12-8-11/h4-5,9H,1-2,6-8,11H2,3H3,(H,12,14)/t9-/m0/s1. The van der Waals surface area contributed by atoms with Crippen molar-refractivity contribution in [3.8, 4) is 0 Å². The molecule has 0 bridgehead atoms. The summed E-state index contributed by atoms with van der Waals surface area (Å²) in [7, 11) is 0. The van der Waals surface area contributed by atoms with Crippen LogP contribution in [0.4, 0.5) is 0 Å². The smallest absolute Gasteiger partial charge is 0.238 e. The van der Waals surface area contributed by atoms with Gasteiger partial charge in [-0.1, -0.05) is 12.2 Å². The molecule has 0 fully saturated rings. The Bertz CT molecular complexity index is 194. The third-order valence-corrected chi connectivity index (χ3v) is 1.93. The lowest BCUT2D eigenvalue weighted by Crippen LogP contribution is -2.46. The van der Waals surface area contributed by atoms with E-state index in [0.29, 0.717) is 13.1 Å². The number of nitrogens with two attached hydrogens (primary N) is 1. The lowest BCUT2D eigenvalue weighted by molar-refractivity contribution is -0.125. The Labute approximate surface area is 85.5 Å². The third kappa shape index (κ3) is 4.20. The summed E-state index contributed by atoms with van der Waals surface area (Å²) in [5.41, 5.74) is 5.22. The Hall–Kier alpha value is -1.13. The largest absolute Gasteiger partial charge is 0.342 e. The Morgan fingerprint density at radius 2 is 2.00 bits per heavy atom. The molecule has 3 N–H and O–H groups in total. The van der Waals surface area contributed by atoms with Gasteiger partial charge in [0, 0.05) is 13.1 Å². The topological polar surface area (TPSA) is 58.4 Å². The van der Waals surface area contributed by atoms with Gasteiger partial charge in [0.2, 0.25) is 5.91 Å². The van der Waals surface area contributed by atoms with Crippen LogP contribution in [0.2, 0.25) is 0 Å². The minimum Gasteiger partial charge on any atom is -0.342 e. The van der Waals surface area contributed by atoms with E-state index in [-0.39, 0.29) is 18.6 Å². The second-order valence-electron chi connectivity index (χ2n) is 2.95. The van der Waals surface area contributed by atoms with Crippen molar-refractivity contribution in [3.05, 3.63) is 25.3 Å². The highest BCUT2D eigenvalue weighted by atomic mass is 16.2. The molecule has 1 amide bonds. The molecule has 0 rings (SSSR count). The van der Waals surface area contributed by atoms with E-state index in [2.05, 4.69) is 18.5 Å². The highest BCUT2D eigenvalue weighted by Gasteiger charge is 2.18. The first-order chi connectivity index (χ1) is 6.67. The molecular weight excluding hydrogens is 178 g/mol. The first-order valence-corrected chi connectivity index (χ1v) is 4.61. The first kappa shape index (κ1) is 12.9.